The number of hydrogen-bond donors (Lipinski definition) is 0. The molecule has 72 valence electrons. The van der Waals surface area contributed by atoms with Crippen LogP contribution in [0, 0.1) is 9.82 Å². The quantitative estimate of drug-likeness (QED) is 0.747. The Bertz CT molecular complexity index is 279. The highest BCUT2D eigenvalue weighted by Gasteiger charge is 2.23. The van der Waals surface area contributed by atoms with Gasteiger partial charge in [-0.15, -0.1) is 10.2 Å². The summed E-state index contributed by atoms with van der Waals surface area (Å²) in [6.45, 7) is 2.31. The zero-order valence-electron chi connectivity index (χ0n) is 7.66. The first-order valence-electron chi connectivity index (χ1n) is 4.74. The Balaban J connectivity index is 2.02. The van der Waals surface area contributed by atoms with E-state index in [-0.39, 0.29) is 0 Å². The fourth-order valence-electron chi connectivity index (χ4n) is 1.89. The standard InChI is InChI=1S/C9H13IN2O/c1-6-2-4-7(5-3-6)8-11-12-9(10)13-8/h6-7H,2-5H2,1H3. The van der Waals surface area contributed by atoms with E-state index in [4.69, 9.17) is 4.42 Å². The van der Waals surface area contributed by atoms with E-state index in [0.717, 1.165) is 11.8 Å². The molecule has 0 amide bonds. The predicted octanol–water partition coefficient (Wildman–Crippen LogP) is 2.97. The van der Waals surface area contributed by atoms with Gasteiger partial charge in [-0.3, -0.25) is 0 Å². The fraction of sp³-hybridized carbons (Fsp3) is 0.778. The molecule has 1 aliphatic rings. The Labute approximate surface area is 91.4 Å². The van der Waals surface area contributed by atoms with Crippen LogP contribution in [0.3, 0.4) is 0 Å². The molecule has 0 unspecified atom stereocenters. The monoisotopic (exact) mass is 292 g/mol. The molecule has 0 saturated heterocycles. The van der Waals surface area contributed by atoms with Crippen molar-refractivity contribution in [2.24, 2.45) is 5.92 Å². The lowest BCUT2D eigenvalue weighted by atomic mass is 9.83. The summed E-state index contributed by atoms with van der Waals surface area (Å²) in [7, 11) is 0. The van der Waals surface area contributed by atoms with E-state index in [1.54, 1.807) is 0 Å². The van der Waals surface area contributed by atoms with Crippen molar-refractivity contribution in [1.29, 1.82) is 0 Å². The van der Waals surface area contributed by atoms with Crippen molar-refractivity contribution in [1.82, 2.24) is 10.2 Å². The SMILES string of the molecule is CC1CCC(c2nnc(I)o2)CC1. The van der Waals surface area contributed by atoms with Crippen LogP contribution in [-0.2, 0) is 0 Å². The number of hydrogen-bond acceptors (Lipinski definition) is 3. The zero-order valence-corrected chi connectivity index (χ0v) is 9.82. The summed E-state index contributed by atoms with van der Waals surface area (Å²) in [5, 5.41) is 7.92. The molecule has 1 fully saturated rings. The molecule has 1 saturated carbocycles. The second kappa shape index (κ2) is 3.94. The van der Waals surface area contributed by atoms with Crippen molar-refractivity contribution in [3.63, 3.8) is 0 Å². The van der Waals surface area contributed by atoms with Crippen LogP contribution in [-0.4, -0.2) is 10.2 Å². The lowest BCUT2D eigenvalue weighted by Crippen LogP contribution is -2.10. The van der Waals surface area contributed by atoms with Crippen LogP contribution >= 0.6 is 22.6 Å². The minimum absolute atomic E-state index is 0.521. The first-order chi connectivity index (χ1) is 6.25. The number of aromatic nitrogens is 2. The molecule has 0 N–H and O–H groups in total. The largest absolute Gasteiger partial charge is 0.416 e. The topological polar surface area (TPSA) is 38.9 Å². The maximum Gasteiger partial charge on any atom is 0.278 e. The molecule has 0 atom stereocenters. The average molecular weight is 292 g/mol. The van der Waals surface area contributed by atoms with E-state index >= 15 is 0 Å². The molecule has 1 heterocycles. The molecule has 1 aromatic heterocycles. The summed E-state index contributed by atoms with van der Waals surface area (Å²) in [5.74, 6) is 2.24. The number of rotatable bonds is 1. The third-order valence-corrected chi connectivity index (χ3v) is 3.22. The van der Waals surface area contributed by atoms with E-state index in [2.05, 4.69) is 39.7 Å². The van der Waals surface area contributed by atoms with Crippen molar-refractivity contribution < 1.29 is 4.42 Å². The minimum atomic E-state index is 0.521. The van der Waals surface area contributed by atoms with Gasteiger partial charge < -0.3 is 4.42 Å². The van der Waals surface area contributed by atoms with Crippen molar-refractivity contribution in [3.8, 4) is 0 Å². The molecule has 4 heteroatoms. The van der Waals surface area contributed by atoms with Gasteiger partial charge in [0, 0.05) is 28.5 Å². The third-order valence-electron chi connectivity index (χ3n) is 2.78. The van der Waals surface area contributed by atoms with E-state index in [0.29, 0.717) is 9.82 Å². The molecule has 2 rings (SSSR count). The maximum absolute atomic E-state index is 5.42. The molecular formula is C9H13IN2O. The van der Waals surface area contributed by atoms with E-state index < -0.39 is 0 Å². The molecule has 0 radical (unpaired) electrons. The van der Waals surface area contributed by atoms with Crippen molar-refractivity contribution in [2.75, 3.05) is 0 Å². The van der Waals surface area contributed by atoms with Gasteiger partial charge in [-0.05, 0) is 31.6 Å². The van der Waals surface area contributed by atoms with Gasteiger partial charge in [0.25, 0.3) is 3.90 Å². The lowest BCUT2D eigenvalue weighted by molar-refractivity contribution is 0.304. The molecule has 13 heavy (non-hydrogen) atoms. The minimum Gasteiger partial charge on any atom is -0.416 e. The second-order valence-corrected chi connectivity index (χ2v) is 4.77. The van der Waals surface area contributed by atoms with E-state index in [1.165, 1.54) is 25.7 Å². The molecular weight excluding hydrogens is 279 g/mol. The lowest BCUT2D eigenvalue weighted by Gasteiger charge is -2.23. The fourth-order valence-corrected chi connectivity index (χ4v) is 2.22. The number of halogens is 1. The van der Waals surface area contributed by atoms with Crippen LogP contribution in [0.2, 0.25) is 0 Å². The highest BCUT2D eigenvalue weighted by molar-refractivity contribution is 14.1. The first-order valence-corrected chi connectivity index (χ1v) is 5.82. The van der Waals surface area contributed by atoms with Crippen LogP contribution in [0.15, 0.2) is 4.42 Å². The van der Waals surface area contributed by atoms with Gasteiger partial charge in [0.1, 0.15) is 0 Å². The summed E-state index contributed by atoms with van der Waals surface area (Å²) in [6, 6.07) is 0. The van der Waals surface area contributed by atoms with Gasteiger partial charge in [-0.2, -0.15) is 0 Å². The van der Waals surface area contributed by atoms with Crippen LogP contribution in [0.25, 0.3) is 0 Å². The summed E-state index contributed by atoms with van der Waals surface area (Å²) in [4.78, 5) is 0. The Morgan fingerprint density at radius 1 is 1.23 bits per heavy atom. The smallest absolute Gasteiger partial charge is 0.278 e. The normalized spacial score (nSPS) is 29.1. The summed E-state index contributed by atoms with van der Waals surface area (Å²) in [6.07, 6.45) is 5.01. The maximum atomic E-state index is 5.42. The second-order valence-electron chi connectivity index (χ2n) is 3.85. The first kappa shape index (κ1) is 9.43. The van der Waals surface area contributed by atoms with Gasteiger partial charge in [0.05, 0.1) is 0 Å². The summed E-state index contributed by atoms with van der Waals surface area (Å²) >= 11 is 2.06. The van der Waals surface area contributed by atoms with Gasteiger partial charge in [0.2, 0.25) is 5.89 Å². The predicted molar refractivity (Wildman–Crippen MR) is 57.4 cm³/mol. The van der Waals surface area contributed by atoms with Crippen molar-refractivity contribution in [3.05, 3.63) is 9.79 Å². The average Bonchev–Trinajstić information content (AvgIpc) is 2.53. The van der Waals surface area contributed by atoms with Gasteiger partial charge in [-0.25, -0.2) is 0 Å². The highest BCUT2D eigenvalue weighted by Crippen LogP contribution is 2.34. The molecule has 3 nitrogen and oxygen atoms in total. The van der Waals surface area contributed by atoms with Crippen LogP contribution in [0.1, 0.15) is 44.4 Å². The molecule has 0 bridgehead atoms. The number of nitrogens with zero attached hydrogens (tertiary/aromatic N) is 2. The molecule has 1 aromatic rings. The molecule has 0 spiro atoms. The Morgan fingerprint density at radius 2 is 1.92 bits per heavy atom. The van der Waals surface area contributed by atoms with Crippen LogP contribution in [0.4, 0.5) is 0 Å². The van der Waals surface area contributed by atoms with Gasteiger partial charge in [0.15, 0.2) is 0 Å². The van der Waals surface area contributed by atoms with E-state index in [9.17, 15) is 0 Å². The Kier molecular flexibility index (Phi) is 2.86. The summed E-state index contributed by atoms with van der Waals surface area (Å²) < 4.78 is 6.08. The van der Waals surface area contributed by atoms with Gasteiger partial charge >= 0.3 is 0 Å². The Hall–Kier alpha value is -0.130. The van der Waals surface area contributed by atoms with Crippen molar-refractivity contribution in [2.45, 2.75) is 38.5 Å². The van der Waals surface area contributed by atoms with E-state index in [1.807, 2.05) is 0 Å². The molecule has 0 aromatic carbocycles. The molecule has 0 aliphatic heterocycles. The summed E-state index contributed by atoms with van der Waals surface area (Å²) in [5.41, 5.74) is 0. The third kappa shape index (κ3) is 2.21. The van der Waals surface area contributed by atoms with Crippen molar-refractivity contribution >= 4 is 22.6 Å². The highest BCUT2D eigenvalue weighted by atomic mass is 127. The zero-order chi connectivity index (χ0) is 9.26. The van der Waals surface area contributed by atoms with Crippen LogP contribution in [0.5, 0.6) is 0 Å². The Morgan fingerprint density at radius 3 is 2.46 bits per heavy atom. The van der Waals surface area contributed by atoms with Crippen LogP contribution < -0.4 is 0 Å². The van der Waals surface area contributed by atoms with Gasteiger partial charge in [-0.1, -0.05) is 6.92 Å². The molecule has 1 aliphatic carbocycles.